The van der Waals surface area contributed by atoms with Gasteiger partial charge in [0.05, 0.1) is 44.5 Å². The minimum atomic E-state index is -3.82. The van der Waals surface area contributed by atoms with Gasteiger partial charge < -0.3 is 14.0 Å². The van der Waals surface area contributed by atoms with E-state index in [9.17, 15) is 8.42 Å². The Labute approximate surface area is 229 Å². The van der Waals surface area contributed by atoms with Gasteiger partial charge in [-0.1, -0.05) is 0 Å². The van der Waals surface area contributed by atoms with Crippen molar-refractivity contribution >= 4 is 27.1 Å². The zero-order chi connectivity index (χ0) is 28.6. The number of pyridine rings is 1. The summed E-state index contributed by atoms with van der Waals surface area (Å²) in [6, 6.07) is 7.83. The van der Waals surface area contributed by atoms with Crippen LogP contribution in [-0.4, -0.2) is 74.5 Å². The van der Waals surface area contributed by atoms with E-state index < -0.39 is 16.0 Å². The van der Waals surface area contributed by atoms with Crippen molar-refractivity contribution in [3.05, 3.63) is 72.1 Å². The molecule has 0 amide bonds. The summed E-state index contributed by atoms with van der Waals surface area (Å²) in [5.74, 6) is -0.348. The van der Waals surface area contributed by atoms with Gasteiger partial charge in [0.2, 0.25) is 0 Å². The summed E-state index contributed by atoms with van der Waals surface area (Å²) < 4.78 is 56.1. The number of benzene rings is 1. The van der Waals surface area contributed by atoms with Crippen molar-refractivity contribution in [2.24, 2.45) is 12.0 Å². The van der Waals surface area contributed by atoms with E-state index >= 15 is 4.39 Å². The Bertz CT molecular complexity index is 1890. The van der Waals surface area contributed by atoms with Crippen LogP contribution in [0, 0.1) is 5.82 Å². The van der Waals surface area contributed by atoms with Crippen molar-refractivity contribution in [1.29, 1.82) is 0 Å². The summed E-state index contributed by atoms with van der Waals surface area (Å²) in [6.45, 7) is 0.0556. The molecule has 0 saturated carbocycles. The van der Waals surface area contributed by atoms with Crippen LogP contribution in [0.4, 0.5) is 10.1 Å². The molecule has 15 heteroatoms. The topological polar surface area (TPSA) is 135 Å². The van der Waals surface area contributed by atoms with Crippen LogP contribution < -0.4 is 15.0 Å². The van der Waals surface area contributed by atoms with Crippen LogP contribution in [0.1, 0.15) is 5.69 Å². The first kappa shape index (κ1) is 27.0. The molecule has 0 atom stereocenters. The van der Waals surface area contributed by atoms with Crippen LogP contribution in [0.5, 0.6) is 11.5 Å². The molecule has 0 aliphatic heterocycles. The second kappa shape index (κ2) is 10.5. The summed E-state index contributed by atoms with van der Waals surface area (Å²) >= 11 is 0. The molecule has 208 valence electrons. The zero-order valence-corrected chi connectivity index (χ0v) is 23.2. The average Bonchev–Trinajstić information content (AvgIpc) is 3.60. The Morgan fingerprint density at radius 1 is 1.10 bits per heavy atom. The molecule has 0 saturated heterocycles. The Morgan fingerprint density at radius 2 is 1.90 bits per heavy atom. The maximum atomic E-state index is 15.2. The van der Waals surface area contributed by atoms with Gasteiger partial charge in [-0.2, -0.15) is 27.0 Å². The monoisotopic (exact) mass is 567 g/mol. The fourth-order valence-electron chi connectivity index (χ4n) is 3.92. The second-order valence-corrected chi connectivity index (χ2v) is 10.9. The summed E-state index contributed by atoms with van der Waals surface area (Å²) in [5, 5.41) is 8.46. The van der Waals surface area contributed by atoms with Gasteiger partial charge in [-0.3, -0.25) is 9.67 Å². The van der Waals surface area contributed by atoms with E-state index in [0.29, 0.717) is 33.8 Å². The van der Waals surface area contributed by atoms with E-state index in [0.717, 1.165) is 14.0 Å². The van der Waals surface area contributed by atoms with Gasteiger partial charge in [-0.15, -0.1) is 0 Å². The first-order valence-electron chi connectivity index (χ1n) is 11.9. The van der Waals surface area contributed by atoms with Crippen molar-refractivity contribution in [2.45, 2.75) is 6.54 Å². The Balaban J connectivity index is 1.74. The molecule has 40 heavy (non-hydrogen) atoms. The highest BCUT2D eigenvalue weighted by atomic mass is 32.2. The molecule has 0 aliphatic rings. The molecule has 0 unspecified atom stereocenters. The molecule has 0 fully saturated rings. The van der Waals surface area contributed by atoms with E-state index in [1.54, 1.807) is 53.1 Å². The molecular formula is C25H26FN9O4S. The van der Waals surface area contributed by atoms with Gasteiger partial charge >= 0.3 is 10.2 Å². The zero-order valence-electron chi connectivity index (χ0n) is 22.3. The maximum Gasteiger partial charge on any atom is 0.322 e. The Kier molecular flexibility index (Phi) is 7.08. The fraction of sp³-hybridized carbons (Fsp3) is 0.240. The summed E-state index contributed by atoms with van der Waals surface area (Å²) in [4.78, 5) is 13.9. The predicted molar refractivity (Wildman–Crippen MR) is 144 cm³/mol. The van der Waals surface area contributed by atoms with E-state index in [-0.39, 0.29) is 18.0 Å². The van der Waals surface area contributed by atoms with Gasteiger partial charge in [0, 0.05) is 51.2 Å². The second-order valence-electron chi connectivity index (χ2n) is 8.89. The maximum absolute atomic E-state index is 15.2. The van der Waals surface area contributed by atoms with Gasteiger partial charge in [0.25, 0.3) is 0 Å². The highest BCUT2D eigenvalue weighted by Crippen LogP contribution is 2.32. The van der Waals surface area contributed by atoms with Crippen LogP contribution in [-0.2, 0) is 23.8 Å². The predicted octanol–water partition coefficient (Wildman–Crippen LogP) is 2.12. The van der Waals surface area contributed by atoms with E-state index in [4.69, 9.17) is 14.5 Å². The number of rotatable bonds is 8. The van der Waals surface area contributed by atoms with Crippen LogP contribution in [0.15, 0.2) is 60.1 Å². The fourth-order valence-corrected chi connectivity index (χ4v) is 4.68. The molecule has 0 N–H and O–H groups in total. The smallest absolute Gasteiger partial charge is 0.322 e. The van der Waals surface area contributed by atoms with Crippen molar-refractivity contribution < 1.29 is 22.3 Å². The molecule has 1 aromatic carbocycles. The molecule has 5 aromatic rings. The number of fused-ring (bicyclic) bond motifs is 1. The standard InChI is InChI=1S/C25H26FN9O4S/c1-32(2)40(36,37)35-9-8-17(31-35)15-34-23(29-20-10-18(38-4)11-22(39-5)24(20)26)7-6-19-25(34)30-21(13-27-19)16-12-28-33(3)14-16/h6-14H,15H2,1-5H3. The number of nitrogens with zero attached hydrogens (tertiary/aromatic N) is 9. The third-order valence-electron chi connectivity index (χ3n) is 6.03. The highest BCUT2D eigenvalue weighted by Gasteiger charge is 2.19. The third-order valence-corrected chi connectivity index (χ3v) is 7.63. The van der Waals surface area contributed by atoms with Crippen molar-refractivity contribution in [1.82, 2.24) is 37.8 Å². The number of aryl methyl sites for hydroxylation is 1. The van der Waals surface area contributed by atoms with Gasteiger partial charge in [0.15, 0.2) is 17.2 Å². The molecule has 13 nitrogen and oxygen atoms in total. The van der Waals surface area contributed by atoms with Crippen LogP contribution in [0.3, 0.4) is 0 Å². The molecule has 4 aromatic heterocycles. The van der Waals surface area contributed by atoms with E-state index in [2.05, 4.69) is 20.2 Å². The first-order valence-corrected chi connectivity index (χ1v) is 13.3. The molecule has 4 heterocycles. The van der Waals surface area contributed by atoms with Crippen LogP contribution >= 0.6 is 0 Å². The Morgan fingerprint density at radius 3 is 2.58 bits per heavy atom. The van der Waals surface area contributed by atoms with Gasteiger partial charge in [-0.25, -0.2) is 14.4 Å². The first-order chi connectivity index (χ1) is 19.1. The van der Waals surface area contributed by atoms with Crippen molar-refractivity contribution in [3.63, 3.8) is 0 Å². The number of hydrogen-bond donors (Lipinski definition) is 0. The quantitative estimate of drug-likeness (QED) is 0.278. The van der Waals surface area contributed by atoms with Crippen molar-refractivity contribution in [2.75, 3.05) is 28.3 Å². The SMILES string of the molecule is COc1cc(N=c2ccc3ncc(-c4cnn(C)c4)nc3n2Cc2ccn(S(=O)(=O)N(C)C)n2)c(F)c(OC)c1. The summed E-state index contributed by atoms with van der Waals surface area (Å²) in [6.07, 6.45) is 6.46. The summed E-state index contributed by atoms with van der Waals surface area (Å²) in [5.41, 5.74) is 2.94. The lowest BCUT2D eigenvalue weighted by molar-refractivity contribution is 0.374. The number of halogens is 1. The molecule has 0 bridgehead atoms. The average molecular weight is 568 g/mol. The minimum absolute atomic E-state index is 0.0265. The van der Waals surface area contributed by atoms with Crippen molar-refractivity contribution in [3.8, 4) is 22.8 Å². The van der Waals surface area contributed by atoms with Crippen LogP contribution in [0.2, 0.25) is 0 Å². The van der Waals surface area contributed by atoms with Gasteiger partial charge in [0.1, 0.15) is 22.4 Å². The molecule has 5 rings (SSSR count). The number of methoxy groups -OCH3 is 2. The number of aromatic nitrogens is 7. The lowest BCUT2D eigenvalue weighted by Gasteiger charge is -2.12. The molecule has 0 spiro atoms. The Hall–Kier alpha value is -4.63. The van der Waals surface area contributed by atoms with Crippen LogP contribution in [0.25, 0.3) is 22.4 Å². The molecule has 0 radical (unpaired) electrons. The number of ether oxygens (including phenoxy) is 2. The number of hydrogen-bond acceptors (Lipinski definition) is 9. The summed E-state index contributed by atoms with van der Waals surface area (Å²) in [7, 11) is 3.62. The molecule has 0 aliphatic carbocycles. The minimum Gasteiger partial charge on any atom is -0.497 e. The lowest BCUT2D eigenvalue weighted by Crippen LogP contribution is -2.29. The largest absolute Gasteiger partial charge is 0.497 e. The normalized spacial score (nSPS) is 12.4. The van der Waals surface area contributed by atoms with E-state index in [1.807, 2.05) is 0 Å². The molecular weight excluding hydrogens is 541 g/mol. The lowest BCUT2D eigenvalue weighted by atomic mass is 10.2. The van der Waals surface area contributed by atoms with E-state index in [1.165, 1.54) is 46.6 Å². The van der Waals surface area contributed by atoms with Gasteiger partial charge in [-0.05, 0) is 18.2 Å². The third kappa shape index (κ3) is 5.03. The highest BCUT2D eigenvalue weighted by molar-refractivity contribution is 7.87.